The van der Waals surface area contributed by atoms with Crippen LogP contribution in [-0.4, -0.2) is 78.3 Å². The minimum atomic E-state index is -1.11. The second kappa shape index (κ2) is 15.7. The number of ether oxygens (including phenoxy) is 2. The van der Waals surface area contributed by atoms with Crippen molar-refractivity contribution < 1.29 is 34.1 Å². The molecule has 1 fully saturated rings. The number of aliphatic hydroxyl groups is 2. The van der Waals surface area contributed by atoms with Crippen LogP contribution in [0.15, 0.2) is 23.8 Å². The van der Waals surface area contributed by atoms with Crippen LogP contribution in [0.1, 0.15) is 75.6 Å². The SMILES string of the molecule is COc1cc(C=O)cc(I)c1O[C@H]1C=C(C(=O)NCCO)C[C@@H](N(CCC(C)C)C(=O)CCC2CCCC2)[C@@H]1O. The van der Waals surface area contributed by atoms with Gasteiger partial charge in [0.05, 0.1) is 23.3 Å². The third-order valence-electron chi connectivity index (χ3n) is 7.77. The van der Waals surface area contributed by atoms with Gasteiger partial charge in [0.15, 0.2) is 11.5 Å². The first-order chi connectivity index (χ1) is 19.2. The maximum absolute atomic E-state index is 13.7. The molecule has 1 saturated carbocycles. The topological polar surface area (TPSA) is 125 Å². The molecule has 0 spiro atoms. The zero-order chi connectivity index (χ0) is 29.2. The number of hydrogen-bond donors (Lipinski definition) is 3. The summed E-state index contributed by atoms with van der Waals surface area (Å²) in [5.74, 6) is 1.18. The predicted molar refractivity (Wildman–Crippen MR) is 160 cm³/mol. The Bertz CT molecular complexity index is 1050. The molecule has 10 heteroatoms. The van der Waals surface area contributed by atoms with E-state index in [1.54, 1.807) is 23.1 Å². The Morgan fingerprint density at radius 3 is 2.60 bits per heavy atom. The van der Waals surface area contributed by atoms with Gasteiger partial charge in [0.25, 0.3) is 0 Å². The first-order valence-corrected chi connectivity index (χ1v) is 15.3. The van der Waals surface area contributed by atoms with Crippen LogP contribution < -0.4 is 14.8 Å². The van der Waals surface area contributed by atoms with Crippen LogP contribution >= 0.6 is 22.6 Å². The molecule has 1 aromatic carbocycles. The van der Waals surface area contributed by atoms with E-state index in [1.165, 1.54) is 20.0 Å². The van der Waals surface area contributed by atoms with Crippen LogP contribution in [0.5, 0.6) is 11.5 Å². The Morgan fingerprint density at radius 1 is 1.25 bits per heavy atom. The normalized spacial score (nSPS) is 21.2. The lowest BCUT2D eigenvalue weighted by atomic mass is 9.87. The van der Waals surface area contributed by atoms with Gasteiger partial charge in [-0.1, -0.05) is 39.5 Å². The molecule has 3 N–H and O–H groups in total. The van der Waals surface area contributed by atoms with Crippen molar-refractivity contribution in [3.63, 3.8) is 0 Å². The van der Waals surface area contributed by atoms with Gasteiger partial charge in [-0.15, -0.1) is 0 Å². The Labute approximate surface area is 250 Å². The average molecular weight is 671 g/mol. The van der Waals surface area contributed by atoms with Gasteiger partial charge in [-0.2, -0.15) is 0 Å². The van der Waals surface area contributed by atoms with Crippen LogP contribution in [-0.2, 0) is 9.59 Å². The number of nitrogens with one attached hydrogen (secondary N) is 1. The van der Waals surface area contributed by atoms with Crippen molar-refractivity contribution in [3.05, 3.63) is 32.9 Å². The summed E-state index contributed by atoms with van der Waals surface area (Å²) in [5.41, 5.74) is 0.799. The summed E-state index contributed by atoms with van der Waals surface area (Å²) in [6, 6.07) is 2.53. The number of aliphatic hydroxyl groups excluding tert-OH is 2. The van der Waals surface area contributed by atoms with Gasteiger partial charge >= 0.3 is 0 Å². The molecule has 0 radical (unpaired) electrons. The lowest BCUT2D eigenvalue weighted by molar-refractivity contribution is -0.139. The van der Waals surface area contributed by atoms with E-state index in [9.17, 15) is 24.6 Å². The van der Waals surface area contributed by atoms with Gasteiger partial charge in [0.1, 0.15) is 18.5 Å². The Hall–Kier alpha value is -2.18. The summed E-state index contributed by atoms with van der Waals surface area (Å²) in [5, 5.41) is 23.6. The number of benzene rings is 1. The third-order valence-corrected chi connectivity index (χ3v) is 8.57. The fraction of sp³-hybridized carbons (Fsp3) is 0.633. The quantitative estimate of drug-likeness (QED) is 0.203. The molecule has 0 unspecified atom stereocenters. The van der Waals surface area contributed by atoms with Crippen LogP contribution in [0.3, 0.4) is 0 Å². The zero-order valence-electron chi connectivity index (χ0n) is 23.7. The number of hydrogen-bond acceptors (Lipinski definition) is 7. The Balaban J connectivity index is 1.94. The third kappa shape index (κ3) is 8.66. The van der Waals surface area contributed by atoms with Gasteiger partial charge in [-0.25, -0.2) is 0 Å². The summed E-state index contributed by atoms with van der Waals surface area (Å²) in [4.78, 5) is 39.8. The Kier molecular flexibility index (Phi) is 12.7. The molecule has 0 aromatic heterocycles. The van der Waals surface area contributed by atoms with Crippen LogP contribution in [0.25, 0.3) is 0 Å². The van der Waals surface area contributed by atoms with E-state index >= 15 is 0 Å². The van der Waals surface area contributed by atoms with E-state index < -0.39 is 18.2 Å². The van der Waals surface area contributed by atoms with E-state index in [1.807, 2.05) is 22.6 Å². The number of carbonyl (C=O) groups excluding carboxylic acids is 3. The van der Waals surface area contributed by atoms with Crippen molar-refractivity contribution in [1.82, 2.24) is 10.2 Å². The number of halogens is 1. The fourth-order valence-corrected chi connectivity index (χ4v) is 6.23. The molecule has 0 aliphatic heterocycles. The molecule has 40 heavy (non-hydrogen) atoms. The van der Waals surface area contributed by atoms with Crippen LogP contribution in [0.2, 0.25) is 0 Å². The van der Waals surface area contributed by atoms with Crippen LogP contribution in [0, 0.1) is 15.4 Å². The highest BCUT2D eigenvalue weighted by atomic mass is 127. The molecule has 2 amide bonds. The van der Waals surface area contributed by atoms with Crippen molar-refractivity contribution in [2.75, 3.05) is 26.8 Å². The minimum absolute atomic E-state index is 0.0186. The highest BCUT2D eigenvalue weighted by molar-refractivity contribution is 14.1. The molecule has 2 aliphatic rings. The molecule has 222 valence electrons. The molecule has 2 aliphatic carbocycles. The number of methoxy groups -OCH3 is 1. The summed E-state index contributed by atoms with van der Waals surface area (Å²) in [6.07, 6.45) is 7.14. The van der Waals surface area contributed by atoms with Crippen molar-refractivity contribution in [2.45, 2.75) is 83.5 Å². The lowest BCUT2D eigenvalue weighted by Gasteiger charge is -2.41. The van der Waals surface area contributed by atoms with Gasteiger partial charge in [-0.3, -0.25) is 14.4 Å². The van der Waals surface area contributed by atoms with Crippen molar-refractivity contribution >= 4 is 40.7 Å². The Morgan fingerprint density at radius 2 is 1.98 bits per heavy atom. The molecular weight excluding hydrogens is 627 g/mol. The lowest BCUT2D eigenvalue weighted by Crippen LogP contribution is -2.55. The summed E-state index contributed by atoms with van der Waals surface area (Å²) in [7, 11) is 1.47. The first kappa shape index (κ1) is 32.3. The summed E-state index contributed by atoms with van der Waals surface area (Å²) < 4.78 is 12.4. The molecule has 0 heterocycles. The monoisotopic (exact) mass is 670 g/mol. The van der Waals surface area contributed by atoms with Gasteiger partial charge in [0, 0.05) is 37.1 Å². The van der Waals surface area contributed by atoms with Gasteiger partial charge < -0.3 is 29.9 Å². The molecule has 9 nitrogen and oxygen atoms in total. The molecule has 3 atom stereocenters. The number of rotatable bonds is 14. The summed E-state index contributed by atoms with van der Waals surface area (Å²) >= 11 is 2.04. The molecule has 3 rings (SSSR count). The predicted octanol–water partition coefficient (Wildman–Crippen LogP) is 3.87. The van der Waals surface area contributed by atoms with Crippen LogP contribution in [0.4, 0.5) is 0 Å². The smallest absolute Gasteiger partial charge is 0.247 e. The molecule has 0 bridgehead atoms. The van der Waals surface area contributed by atoms with Crippen molar-refractivity contribution in [3.8, 4) is 11.5 Å². The second-order valence-electron chi connectivity index (χ2n) is 11.1. The van der Waals surface area contributed by atoms with E-state index in [-0.39, 0.29) is 31.4 Å². The number of amides is 2. The fourth-order valence-electron chi connectivity index (χ4n) is 5.48. The maximum Gasteiger partial charge on any atom is 0.247 e. The maximum atomic E-state index is 13.7. The van der Waals surface area contributed by atoms with Gasteiger partial charge in [0.2, 0.25) is 11.8 Å². The van der Waals surface area contributed by atoms with E-state index in [0.29, 0.717) is 57.3 Å². The number of nitrogens with zero attached hydrogens (tertiary/aromatic N) is 1. The average Bonchev–Trinajstić information content (AvgIpc) is 3.46. The number of aldehydes is 1. The van der Waals surface area contributed by atoms with E-state index in [0.717, 1.165) is 25.7 Å². The molecule has 0 saturated heterocycles. The molecular formula is C30H43IN2O7. The van der Waals surface area contributed by atoms with Crippen molar-refractivity contribution in [2.24, 2.45) is 11.8 Å². The van der Waals surface area contributed by atoms with E-state index in [4.69, 9.17) is 9.47 Å². The highest BCUT2D eigenvalue weighted by Crippen LogP contribution is 2.37. The number of carbonyl (C=O) groups is 3. The molecule has 1 aromatic rings. The first-order valence-electron chi connectivity index (χ1n) is 14.2. The van der Waals surface area contributed by atoms with Gasteiger partial charge in [-0.05, 0) is 65.5 Å². The van der Waals surface area contributed by atoms with Crippen molar-refractivity contribution in [1.29, 1.82) is 0 Å². The standard InChI is InChI=1S/C30H43IN2O7/c1-19(2)10-12-33(27(36)9-8-20-6-4-5-7-20)24-16-22(30(38)32-11-13-34)17-25(28(24)37)40-29-23(31)14-21(18-35)15-26(29)39-3/h14-15,17-20,24-25,28,34,37H,4-13,16H2,1-3H3,(H,32,38)/t24-,25+,28+/m1/s1. The second-order valence-corrected chi connectivity index (χ2v) is 12.3. The largest absolute Gasteiger partial charge is 0.493 e. The van der Waals surface area contributed by atoms with E-state index in [2.05, 4.69) is 19.2 Å². The minimum Gasteiger partial charge on any atom is -0.493 e. The zero-order valence-corrected chi connectivity index (χ0v) is 25.9. The highest BCUT2D eigenvalue weighted by Gasteiger charge is 2.41. The summed E-state index contributed by atoms with van der Waals surface area (Å²) in [6.45, 7) is 4.54.